The molecular weight excluding hydrogens is 348 g/mol. The molecule has 0 aliphatic carbocycles. The summed E-state index contributed by atoms with van der Waals surface area (Å²) in [6.45, 7) is 0. The Hall–Kier alpha value is -2.40. The second-order valence-corrected chi connectivity index (χ2v) is 4.34. The normalized spacial score (nSPS) is 12.6. The van der Waals surface area contributed by atoms with E-state index in [4.69, 9.17) is 42.9 Å². The molecule has 0 spiro atoms. The van der Waals surface area contributed by atoms with Crippen LogP contribution in [0.3, 0.4) is 0 Å². The van der Waals surface area contributed by atoms with Gasteiger partial charge in [-0.05, 0) is 0 Å². The molecule has 0 saturated carbocycles. The van der Waals surface area contributed by atoms with Gasteiger partial charge in [-0.1, -0.05) is 0 Å². The van der Waals surface area contributed by atoms with Crippen molar-refractivity contribution >= 4 is 36.5 Å². The van der Waals surface area contributed by atoms with Crippen LogP contribution in [0.5, 0.6) is 0 Å². The van der Waals surface area contributed by atoms with Crippen LogP contribution in [-0.2, 0) is 19.2 Å². The van der Waals surface area contributed by atoms with Crippen LogP contribution in [0.1, 0.15) is 12.8 Å². The topological polar surface area (TPSA) is 251 Å². The van der Waals surface area contributed by atoms with Gasteiger partial charge in [-0.3, -0.25) is 19.2 Å². The van der Waals surface area contributed by atoms with E-state index in [1.54, 1.807) is 6.07 Å². The molecule has 12 nitrogen and oxygen atoms in total. The number of carbonyl (C=O) groups is 4. The van der Waals surface area contributed by atoms with E-state index in [0.29, 0.717) is 0 Å². The predicted molar refractivity (Wildman–Crippen MR) is 83.2 cm³/mol. The number of carboxylic acids is 4. The molecule has 0 unspecified atom stereocenters. The first-order valence-corrected chi connectivity index (χ1v) is 6.68. The number of nitrogens with two attached hydrogens (primary N) is 3. The Bertz CT molecular complexity index is 467. The van der Waals surface area contributed by atoms with Crippen molar-refractivity contribution in [3.8, 4) is 6.07 Å². The molecule has 13 heteroatoms. The third-order valence-electron chi connectivity index (χ3n) is 1.85. The van der Waals surface area contributed by atoms with E-state index >= 15 is 0 Å². The zero-order valence-electron chi connectivity index (χ0n) is 12.4. The molecule has 0 aliphatic heterocycles. The number of nitriles is 1. The molecule has 0 radical (unpaired) electrons. The summed E-state index contributed by atoms with van der Waals surface area (Å²) >= 11 is 3.65. The van der Waals surface area contributed by atoms with Crippen molar-refractivity contribution in [2.24, 2.45) is 17.2 Å². The summed E-state index contributed by atoms with van der Waals surface area (Å²) in [5.41, 5.74) is 14.7. The molecule has 0 aromatic rings. The smallest absolute Gasteiger partial charge is 0.321 e. The zero-order chi connectivity index (χ0) is 19.9. The van der Waals surface area contributed by atoms with Crippen LogP contribution in [-0.4, -0.2) is 68.2 Å². The Kier molecular flexibility index (Phi) is 17.1. The van der Waals surface area contributed by atoms with Gasteiger partial charge in [-0.15, -0.1) is 0 Å². The Morgan fingerprint density at radius 1 is 0.875 bits per heavy atom. The van der Waals surface area contributed by atoms with Crippen molar-refractivity contribution in [1.29, 1.82) is 5.26 Å². The second-order valence-electron chi connectivity index (χ2n) is 3.98. The summed E-state index contributed by atoms with van der Waals surface area (Å²) in [4.78, 5) is 39.2. The summed E-state index contributed by atoms with van der Waals surface area (Å²) in [5.74, 6) is -4.45. The first kappa shape index (κ1) is 26.5. The first-order valence-electron chi connectivity index (χ1n) is 6.05. The Labute approximate surface area is 142 Å². The summed E-state index contributed by atoms with van der Waals surface area (Å²) in [7, 11) is 0. The molecular formula is C11H20N4O8S. The van der Waals surface area contributed by atoms with Gasteiger partial charge in [0.2, 0.25) is 0 Å². The molecule has 0 bridgehead atoms. The summed E-state index contributed by atoms with van der Waals surface area (Å²) in [5, 5.41) is 40.0. The fourth-order valence-electron chi connectivity index (χ4n) is 0.539. The van der Waals surface area contributed by atoms with Gasteiger partial charge in [-0.25, -0.2) is 0 Å². The molecule has 0 rings (SSSR count). The number of carboxylic acid groups (broad SMARTS) is 4. The highest BCUT2D eigenvalue weighted by molar-refractivity contribution is 7.80. The number of hydrogen-bond acceptors (Lipinski definition) is 9. The number of thiol groups is 1. The highest BCUT2D eigenvalue weighted by Crippen LogP contribution is 1.86. The van der Waals surface area contributed by atoms with Crippen molar-refractivity contribution in [3.05, 3.63) is 0 Å². The van der Waals surface area contributed by atoms with E-state index < -0.39 is 48.4 Å². The monoisotopic (exact) mass is 368 g/mol. The van der Waals surface area contributed by atoms with Gasteiger partial charge in [0.25, 0.3) is 0 Å². The van der Waals surface area contributed by atoms with Crippen LogP contribution in [0.25, 0.3) is 0 Å². The van der Waals surface area contributed by atoms with Crippen LogP contribution < -0.4 is 17.2 Å². The van der Waals surface area contributed by atoms with Gasteiger partial charge < -0.3 is 37.6 Å². The summed E-state index contributed by atoms with van der Waals surface area (Å²) in [6.07, 6.45) is -0.662. The highest BCUT2D eigenvalue weighted by Gasteiger charge is 2.14. The molecule has 0 amide bonds. The maximum Gasteiger partial charge on any atom is 0.321 e. The lowest BCUT2D eigenvalue weighted by Crippen LogP contribution is -2.32. The van der Waals surface area contributed by atoms with E-state index in [9.17, 15) is 19.2 Å². The van der Waals surface area contributed by atoms with Crippen LogP contribution in [0.4, 0.5) is 0 Å². The largest absolute Gasteiger partial charge is 0.481 e. The fourth-order valence-corrected chi connectivity index (χ4v) is 0.695. The van der Waals surface area contributed by atoms with Gasteiger partial charge >= 0.3 is 23.9 Å². The van der Waals surface area contributed by atoms with Gasteiger partial charge in [-0.2, -0.15) is 17.9 Å². The molecule has 24 heavy (non-hydrogen) atoms. The minimum Gasteiger partial charge on any atom is -0.481 e. The van der Waals surface area contributed by atoms with Crippen LogP contribution in [0.2, 0.25) is 0 Å². The molecule has 0 fully saturated rings. The van der Waals surface area contributed by atoms with E-state index in [2.05, 4.69) is 12.6 Å². The molecule has 0 aromatic carbocycles. The zero-order valence-corrected chi connectivity index (χ0v) is 13.3. The molecule has 10 N–H and O–H groups in total. The third kappa shape index (κ3) is 19.6. The summed E-state index contributed by atoms with van der Waals surface area (Å²) in [6, 6.07) is -1.49. The van der Waals surface area contributed by atoms with E-state index in [1.165, 1.54) is 0 Å². The van der Waals surface area contributed by atoms with E-state index in [1.807, 2.05) is 0 Å². The minimum atomic E-state index is -1.29. The predicted octanol–water partition coefficient (Wildman–Crippen LogP) is -2.49. The first-order chi connectivity index (χ1) is 10.9. The maximum atomic E-state index is 9.85. The van der Waals surface area contributed by atoms with Crippen molar-refractivity contribution in [2.45, 2.75) is 31.0 Å². The Balaban J connectivity index is -0.000000278. The lowest BCUT2D eigenvalue weighted by atomic mass is 10.2. The highest BCUT2D eigenvalue weighted by atomic mass is 32.1. The number of aliphatic carboxylic acids is 4. The maximum absolute atomic E-state index is 9.85. The number of hydrogen-bond donors (Lipinski definition) is 8. The second kappa shape index (κ2) is 15.5. The summed E-state index contributed by atoms with van der Waals surface area (Å²) < 4.78 is 0. The van der Waals surface area contributed by atoms with Gasteiger partial charge in [0.1, 0.15) is 18.1 Å². The van der Waals surface area contributed by atoms with Gasteiger partial charge in [0.05, 0.1) is 18.9 Å². The SMILES string of the molecule is N#CC[C@H](N)C(=O)O.N[C@@H](CC(=O)O)C(=O)O.N[C@@H](CS)C(=O)O. The molecule has 0 aromatic heterocycles. The number of nitrogens with zero attached hydrogens (tertiary/aromatic N) is 1. The average molecular weight is 368 g/mol. The van der Waals surface area contributed by atoms with Crippen molar-refractivity contribution in [2.75, 3.05) is 5.75 Å². The van der Waals surface area contributed by atoms with Crippen molar-refractivity contribution in [3.63, 3.8) is 0 Å². The molecule has 0 heterocycles. The van der Waals surface area contributed by atoms with Gasteiger partial charge in [0.15, 0.2) is 0 Å². The molecule has 3 atom stereocenters. The molecule has 138 valence electrons. The number of rotatable bonds is 7. The fraction of sp³-hybridized carbons (Fsp3) is 0.545. The minimum absolute atomic E-state index is 0.130. The molecule has 0 saturated heterocycles. The van der Waals surface area contributed by atoms with Gasteiger partial charge in [0, 0.05) is 5.75 Å². The standard InChI is InChI=1S/C4H6N2O2.C4H7NO4.C3H7NO2S/c5-2-1-3(6)4(7)8;5-2(4(8)9)1-3(6)7;4-2(1-7)3(5)6/h3H,1,6H2,(H,7,8);2H,1,5H2,(H,6,7)(H,8,9);2,7H,1,4H2,(H,5,6)/t3-;2*2-/m000/s1. The lowest BCUT2D eigenvalue weighted by Gasteiger charge is -1.99. The van der Waals surface area contributed by atoms with Crippen molar-refractivity contribution in [1.82, 2.24) is 0 Å². The third-order valence-corrected chi connectivity index (χ3v) is 2.25. The Morgan fingerprint density at radius 3 is 1.33 bits per heavy atom. The average Bonchev–Trinajstić information content (AvgIpc) is 2.46. The van der Waals surface area contributed by atoms with E-state index in [-0.39, 0.29) is 12.2 Å². The van der Waals surface area contributed by atoms with Crippen molar-refractivity contribution < 1.29 is 39.6 Å². The van der Waals surface area contributed by atoms with Crippen LogP contribution in [0.15, 0.2) is 0 Å². The van der Waals surface area contributed by atoms with E-state index in [0.717, 1.165) is 0 Å². The molecule has 0 aliphatic rings. The lowest BCUT2D eigenvalue weighted by molar-refractivity contribution is -0.144. The Morgan fingerprint density at radius 2 is 1.25 bits per heavy atom. The van der Waals surface area contributed by atoms with Crippen LogP contribution >= 0.6 is 12.6 Å². The van der Waals surface area contributed by atoms with Crippen LogP contribution in [0, 0.1) is 11.3 Å². The quantitative estimate of drug-likeness (QED) is 0.217.